The van der Waals surface area contributed by atoms with E-state index < -0.39 is 6.04 Å². The summed E-state index contributed by atoms with van der Waals surface area (Å²) in [6.07, 6.45) is 0. The normalized spacial score (nSPS) is 12.4. The Bertz CT molecular complexity index is 928. The van der Waals surface area contributed by atoms with Crippen LogP contribution < -0.4 is 5.32 Å². The third-order valence-corrected chi connectivity index (χ3v) is 6.31. The number of benzene rings is 2. The average Bonchev–Trinajstić information content (AvgIpc) is 2.67. The minimum absolute atomic E-state index is 0.0804. The number of hydrogen-bond acceptors (Lipinski definition) is 3. The molecule has 4 nitrogen and oxygen atoms in total. The molecule has 0 aliphatic carbocycles. The molecule has 0 saturated heterocycles. The van der Waals surface area contributed by atoms with Gasteiger partial charge in [0.05, 0.1) is 15.8 Å². The molecule has 0 bridgehead atoms. The summed E-state index contributed by atoms with van der Waals surface area (Å²) in [5.41, 5.74) is 2.74. The van der Waals surface area contributed by atoms with Crippen molar-refractivity contribution in [3.63, 3.8) is 0 Å². The van der Waals surface area contributed by atoms with Gasteiger partial charge in [-0.15, -0.1) is 11.8 Å². The summed E-state index contributed by atoms with van der Waals surface area (Å²) in [6.45, 7) is 9.95. The molecule has 168 valence electrons. The van der Waals surface area contributed by atoms with E-state index in [1.807, 2.05) is 64.1 Å². The molecule has 1 N–H and O–H groups in total. The minimum Gasteiger partial charge on any atom is -0.350 e. The average molecular weight is 481 g/mol. The van der Waals surface area contributed by atoms with Crippen molar-refractivity contribution in [2.45, 2.75) is 58.5 Å². The Labute approximate surface area is 199 Å². The fourth-order valence-electron chi connectivity index (χ4n) is 3.03. The first-order valence-electron chi connectivity index (χ1n) is 10.1. The van der Waals surface area contributed by atoms with Crippen molar-refractivity contribution in [3.8, 4) is 0 Å². The maximum absolute atomic E-state index is 13.1. The molecule has 1 atom stereocenters. The summed E-state index contributed by atoms with van der Waals surface area (Å²) < 4.78 is 0. The molecule has 0 heterocycles. The van der Waals surface area contributed by atoms with Crippen LogP contribution in [0.1, 0.15) is 44.4 Å². The van der Waals surface area contributed by atoms with Crippen molar-refractivity contribution < 1.29 is 9.59 Å². The number of halogens is 2. The Morgan fingerprint density at radius 2 is 1.77 bits per heavy atom. The largest absolute Gasteiger partial charge is 0.350 e. The van der Waals surface area contributed by atoms with Crippen molar-refractivity contribution in [2.75, 3.05) is 5.75 Å². The van der Waals surface area contributed by atoms with Crippen LogP contribution in [0.5, 0.6) is 0 Å². The summed E-state index contributed by atoms with van der Waals surface area (Å²) >= 11 is 13.5. The molecule has 0 aromatic heterocycles. The second-order valence-corrected chi connectivity index (χ2v) is 10.5. The standard InChI is InChI=1S/C24H30Cl2N2O2S/c1-16-7-6-8-18(11-16)13-28(17(2)23(30)27-24(3,4)5)22(29)15-31-14-19-9-10-20(25)21(26)12-19/h6-12,17H,13-15H2,1-5H3,(H,27,30)/t17-/m1/s1. The lowest BCUT2D eigenvalue weighted by atomic mass is 10.1. The van der Waals surface area contributed by atoms with E-state index in [2.05, 4.69) is 5.32 Å². The zero-order valence-corrected chi connectivity index (χ0v) is 21.0. The van der Waals surface area contributed by atoms with Crippen LogP contribution in [-0.2, 0) is 21.9 Å². The lowest BCUT2D eigenvalue weighted by Crippen LogP contribution is -2.52. The van der Waals surface area contributed by atoms with Gasteiger partial charge in [-0.1, -0.05) is 59.1 Å². The number of carbonyl (C=O) groups is 2. The van der Waals surface area contributed by atoms with E-state index in [9.17, 15) is 9.59 Å². The van der Waals surface area contributed by atoms with Crippen molar-refractivity contribution in [1.82, 2.24) is 10.2 Å². The number of carbonyl (C=O) groups excluding carboxylic acids is 2. The molecule has 2 aromatic rings. The van der Waals surface area contributed by atoms with Gasteiger partial charge in [0.15, 0.2) is 0 Å². The quantitative estimate of drug-likeness (QED) is 0.513. The van der Waals surface area contributed by atoms with Crippen molar-refractivity contribution in [2.24, 2.45) is 0 Å². The molecule has 0 aliphatic heterocycles. The number of aryl methyl sites for hydroxylation is 1. The first-order valence-corrected chi connectivity index (χ1v) is 12.1. The first-order chi connectivity index (χ1) is 14.5. The van der Waals surface area contributed by atoms with Crippen LogP contribution in [0.2, 0.25) is 10.0 Å². The minimum atomic E-state index is -0.585. The Morgan fingerprint density at radius 1 is 1.06 bits per heavy atom. The molecule has 0 unspecified atom stereocenters. The Balaban J connectivity index is 2.10. The molecule has 31 heavy (non-hydrogen) atoms. The van der Waals surface area contributed by atoms with Crippen LogP contribution in [0.15, 0.2) is 42.5 Å². The fraction of sp³-hybridized carbons (Fsp3) is 0.417. The Kier molecular flexibility index (Phi) is 9.28. The van der Waals surface area contributed by atoms with Crippen molar-refractivity contribution >= 4 is 46.8 Å². The maximum Gasteiger partial charge on any atom is 0.242 e. The molecule has 0 radical (unpaired) electrons. The fourth-order valence-corrected chi connectivity index (χ4v) is 4.21. The number of hydrogen-bond donors (Lipinski definition) is 1. The highest BCUT2D eigenvalue weighted by Crippen LogP contribution is 2.25. The van der Waals surface area contributed by atoms with Gasteiger partial charge in [-0.3, -0.25) is 9.59 Å². The van der Waals surface area contributed by atoms with Gasteiger partial charge < -0.3 is 10.2 Å². The van der Waals surface area contributed by atoms with Crippen LogP contribution >= 0.6 is 35.0 Å². The van der Waals surface area contributed by atoms with Crippen LogP contribution in [0.3, 0.4) is 0 Å². The van der Waals surface area contributed by atoms with E-state index >= 15 is 0 Å². The van der Waals surface area contributed by atoms with E-state index in [0.29, 0.717) is 22.3 Å². The summed E-state index contributed by atoms with van der Waals surface area (Å²) in [4.78, 5) is 27.6. The second kappa shape index (κ2) is 11.3. The molecule has 2 rings (SSSR count). The molecular weight excluding hydrogens is 451 g/mol. The highest BCUT2D eigenvalue weighted by molar-refractivity contribution is 7.99. The van der Waals surface area contributed by atoms with Gasteiger partial charge in [0.2, 0.25) is 11.8 Å². The summed E-state index contributed by atoms with van der Waals surface area (Å²) in [5.74, 6) is 0.647. The topological polar surface area (TPSA) is 49.4 Å². The highest BCUT2D eigenvalue weighted by Gasteiger charge is 2.28. The van der Waals surface area contributed by atoms with E-state index in [0.717, 1.165) is 16.7 Å². The maximum atomic E-state index is 13.1. The van der Waals surface area contributed by atoms with E-state index in [1.165, 1.54) is 11.8 Å². The van der Waals surface area contributed by atoms with Gasteiger partial charge in [-0.25, -0.2) is 0 Å². The molecule has 0 fully saturated rings. The van der Waals surface area contributed by atoms with Crippen LogP contribution in [0, 0.1) is 6.92 Å². The van der Waals surface area contributed by atoms with Gasteiger partial charge in [0.25, 0.3) is 0 Å². The summed E-state index contributed by atoms with van der Waals surface area (Å²) in [6, 6.07) is 12.9. The molecule has 0 spiro atoms. The molecule has 0 aliphatic rings. The number of nitrogens with one attached hydrogen (secondary N) is 1. The highest BCUT2D eigenvalue weighted by atomic mass is 35.5. The smallest absolute Gasteiger partial charge is 0.242 e. The third kappa shape index (κ3) is 8.40. The van der Waals surface area contributed by atoms with Gasteiger partial charge in [-0.2, -0.15) is 0 Å². The van der Waals surface area contributed by atoms with Gasteiger partial charge in [0, 0.05) is 17.8 Å². The van der Waals surface area contributed by atoms with Gasteiger partial charge in [-0.05, 0) is 57.9 Å². The molecule has 2 aromatic carbocycles. The van der Waals surface area contributed by atoms with Gasteiger partial charge in [0.1, 0.15) is 6.04 Å². The summed E-state index contributed by atoms with van der Waals surface area (Å²) in [7, 11) is 0. The van der Waals surface area contributed by atoms with E-state index in [4.69, 9.17) is 23.2 Å². The molecular formula is C24H30Cl2N2O2S. The molecule has 0 saturated carbocycles. The van der Waals surface area contributed by atoms with Crippen LogP contribution in [0.25, 0.3) is 0 Å². The van der Waals surface area contributed by atoms with Crippen molar-refractivity contribution in [3.05, 3.63) is 69.2 Å². The lowest BCUT2D eigenvalue weighted by Gasteiger charge is -2.31. The number of rotatable bonds is 8. The Morgan fingerprint density at radius 3 is 2.39 bits per heavy atom. The first kappa shape index (κ1) is 25.6. The number of nitrogens with zero attached hydrogens (tertiary/aromatic N) is 1. The SMILES string of the molecule is Cc1cccc(CN(C(=O)CSCc2ccc(Cl)c(Cl)c2)[C@H](C)C(=O)NC(C)(C)C)c1. The van der Waals surface area contributed by atoms with Gasteiger partial charge >= 0.3 is 0 Å². The lowest BCUT2D eigenvalue weighted by molar-refractivity contribution is -0.139. The van der Waals surface area contributed by atoms with E-state index in [-0.39, 0.29) is 23.1 Å². The molecule has 2 amide bonds. The predicted octanol–water partition coefficient (Wildman–Crippen LogP) is 5.87. The van der Waals surface area contributed by atoms with Crippen LogP contribution in [0.4, 0.5) is 0 Å². The Hall–Kier alpha value is -1.69. The molecule has 7 heteroatoms. The van der Waals surface area contributed by atoms with Crippen LogP contribution in [-0.4, -0.2) is 34.0 Å². The monoisotopic (exact) mass is 480 g/mol. The predicted molar refractivity (Wildman–Crippen MR) is 132 cm³/mol. The second-order valence-electron chi connectivity index (χ2n) is 8.67. The van der Waals surface area contributed by atoms with Crippen molar-refractivity contribution in [1.29, 1.82) is 0 Å². The third-order valence-electron chi connectivity index (χ3n) is 4.58. The zero-order valence-electron chi connectivity index (χ0n) is 18.7. The number of amides is 2. The summed E-state index contributed by atoms with van der Waals surface area (Å²) in [5, 5.41) is 3.99. The van der Waals surface area contributed by atoms with E-state index in [1.54, 1.807) is 17.9 Å². The zero-order chi connectivity index (χ0) is 23.2. The number of thioether (sulfide) groups is 1.